The van der Waals surface area contributed by atoms with Crippen molar-refractivity contribution >= 4 is 39.8 Å². The van der Waals surface area contributed by atoms with Crippen molar-refractivity contribution in [3.63, 3.8) is 0 Å². The highest BCUT2D eigenvalue weighted by molar-refractivity contribution is 14.0. The van der Waals surface area contributed by atoms with Gasteiger partial charge in [-0.15, -0.1) is 24.0 Å². The molecule has 8 heteroatoms. The van der Waals surface area contributed by atoms with E-state index in [9.17, 15) is 8.42 Å². The van der Waals surface area contributed by atoms with Gasteiger partial charge in [0.25, 0.3) is 0 Å². The molecule has 130 valence electrons. The third-order valence-corrected chi connectivity index (χ3v) is 5.82. The Morgan fingerprint density at radius 2 is 2.00 bits per heavy atom. The summed E-state index contributed by atoms with van der Waals surface area (Å²) in [5, 5.41) is 6.45. The maximum Gasteiger partial charge on any atom is 0.191 e. The summed E-state index contributed by atoms with van der Waals surface area (Å²) in [4.78, 5) is 7.03. The summed E-state index contributed by atoms with van der Waals surface area (Å²) in [7, 11) is -2.85. The second-order valence-corrected chi connectivity index (χ2v) is 8.14. The van der Waals surface area contributed by atoms with Gasteiger partial charge >= 0.3 is 0 Å². The SMILES string of the molecule is CCNC(=NCCN1CCCCC1)NC1CCS(=O)(=O)C1.I. The highest BCUT2D eigenvalue weighted by Gasteiger charge is 2.28. The van der Waals surface area contributed by atoms with Crippen molar-refractivity contribution < 1.29 is 8.42 Å². The van der Waals surface area contributed by atoms with Gasteiger partial charge < -0.3 is 15.5 Å². The van der Waals surface area contributed by atoms with E-state index in [1.165, 1.54) is 32.4 Å². The number of hydrogen-bond donors (Lipinski definition) is 2. The molecule has 0 radical (unpaired) electrons. The molecule has 0 aliphatic carbocycles. The number of rotatable bonds is 5. The van der Waals surface area contributed by atoms with Crippen molar-refractivity contribution in [3.8, 4) is 0 Å². The fourth-order valence-electron chi connectivity index (χ4n) is 2.91. The molecule has 2 saturated heterocycles. The molecule has 0 saturated carbocycles. The number of guanidine groups is 1. The molecular weight excluding hydrogens is 415 g/mol. The van der Waals surface area contributed by atoms with Gasteiger partial charge in [-0.3, -0.25) is 4.99 Å². The molecule has 2 rings (SSSR count). The molecule has 0 bridgehead atoms. The van der Waals surface area contributed by atoms with Crippen molar-refractivity contribution in [1.29, 1.82) is 0 Å². The molecule has 2 aliphatic heterocycles. The van der Waals surface area contributed by atoms with Crippen LogP contribution in [0.3, 0.4) is 0 Å². The molecule has 0 aromatic heterocycles. The van der Waals surface area contributed by atoms with E-state index in [2.05, 4.69) is 20.5 Å². The smallest absolute Gasteiger partial charge is 0.191 e. The zero-order valence-corrected chi connectivity index (χ0v) is 16.5. The molecule has 2 aliphatic rings. The first-order valence-corrected chi connectivity index (χ1v) is 9.89. The molecule has 1 atom stereocenters. The van der Waals surface area contributed by atoms with E-state index in [1.807, 2.05) is 6.92 Å². The van der Waals surface area contributed by atoms with Crippen LogP contribution in [0.1, 0.15) is 32.6 Å². The van der Waals surface area contributed by atoms with Crippen molar-refractivity contribution in [2.75, 3.05) is 44.2 Å². The largest absolute Gasteiger partial charge is 0.357 e. The lowest BCUT2D eigenvalue weighted by atomic mass is 10.1. The Morgan fingerprint density at radius 3 is 2.59 bits per heavy atom. The van der Waals surface area contributed by atoms with Crippen molar-refractivity contribution in [3.05, 3.63) is 0 Å². The molecule has 2 fully saturated rings. The van der Waals surface area contributed by atoms with E-state index in [0.717, 1.165) is 25.6 Å². The number of piperidine rings is 1. The molecule has 2 N–H and O–H groups in total. The number of aliphatic imine (C=N–C) groups is 1. The minimum atomic E-state index is -2.85. The Balaban J connectivity index is 0.00000242. The highest BCUT2D eigenvalue weighted by Crippen LogP contribution is 2.11. The minimum Gasteiger partial charge on any atom is -0.357 e. The van der Waals surface area contributed by atoms with Crippen molar-refractivity contribution in [2.45, 2.75) is 38.6 Å². The van der Waals surface area contributed by atoms with Crippen LogP contribution in [0.4, 0.5) is 0 Å². The van der Waals surface area contributed by atoms with Crippen molar-refractivity contribution in [2.24, 2.45) is 4.99 Å². The zero-order valence-electron chi connectivity index (χ0n) is 13.4. The molecule has 0 amide bonds. The van der Waals surface area contributed by atoms with Gasteiger partial charge in [-0.1, -0.05) is 6.42 Å². The highest BCUT2D eigenvalue weighted by atomic mass is 127. The van der Waals surface area contributed by atoms with Gasteiger partial charge in [0.05, 0.1) is 18.1 Å². The summed E-state index contributed by atoms with van der Waals surface area (Å²) < 4.78 is 23.0. The molecule has 2 heterocycles. The third kappa shape index (κ3) is 6.99. The van der Waals surface area contributed by atoms with Gasteiger partial charge in [0.15, 0.2) is 15.8 Å². The number of hydrogen-bond acceptors (Lipinski definition) is 4. The van der Waals surface area contributed by atoms with Crippen LogP contribution in [0, 0.1) is 0 Å². The molecule has 1 unspecified atom stereocenters. The first kappa shape index (κ1) is 20.0. The van der Waals surface area contributed by atoms with Crippen LogP contribution < -0.4 is 10.6 Å². The molecule has 0 aromatic rings. The van der Waals surface area contributed by atoms with Crippen LogP contribution in [0.15, 0.2) is 4.99 Å². The lowest BCUT2D eigenvalue weighted by Crippen LogP contribution is -2.44. The average molecular weight is 444 g/mol. The lowest BCUT2D eigenvalue weighted by Gasteiger charge is -2.25. The van der Waals surface area contributed by atoms with E-state index in [1.54, 1.807) is 0 Å². The summed E-state index contributed by atoms with van der Waals surface area (Å²) in [6.45, 7) is 6.91. The summed E-state index contributed by atoms with van der Waals surface area (Å²) >= 11 is 0. The van der Waals surface area contributed by atoms with Gasteiger partial charge in [0.2, 0.25) is 0 Å². The van der Waals surface area contributed by atoms with E-state index < -0.39 is 9.84 Å². The summed E-state index contributed by atoms with van der Waals surface area (Å²) in [6.07, 6.45) is 4.61. The molecule has 22 heavy (non-hydrogen) atoms. The second kappa shape index (κ2) is 9.92. The number of halogens is 1. The monoisotopic (exact) mass is 444 g/mol. The fourth-order valence-corrected chi connectivity index (χ4v) is 4.58. The van der Waals surface area contributed by atoms with Gasteiger partial charge in [0, 0.05) is 19.1 Å². The topological polar surface area (TPSA) is 73.8 Å². The van der Waals surface area contributed by atoms with Gasteiger partial charge in [-0.2, -0.15) is 0 Å². The Labute approximate surface area is 151 Å². The molecule has 0 spiro atoms. The molecule has 6 nitrogen and oxygen atoms in total. The molecule has 0 aromatic carbocycles. The van der Waals surface area contributed by atoms with Gasteiger partial charge in [0.1, 0.15) is 0 Å². The standard InChI is InChI=1S/C14H28N4O2S.HI/c1-2-15-14(17-13-6-11-21(19,20)12-13)16-7-10-18-8-4-3-5-9-18;/h13H,2-12H2,1H3,(H2,15,16,17);1H. The third-order valence-electron chi connectivity index (χ3n) is 4.05. The first-order chi connectivity index (χ1) is 10.1. The maximum atomic E-state index is 11.5. The summed E-state index contributed by atoms with van der Waals surface area (Å²) in [6, 6.07) is 0.00258. The van der Waals surface area contributed by atoms with Gasteiger partial charge in [-0.05, 0) is 39.3 Å². The van der Waals surface area contributed by atoms with E-state index in [4.69, 9.17) is 0 Å². The fraction of sp³-hybridized carbons (Fsp3) is 0.929. The normalized spacial score (nSPS) is 25.5. The number of nitrogens with zero attached hydrogens (tertiary/aromatic N) is 2. The zero-order chi connectivity index (χ0) is 15.1. The van der Waals surface area contributed by atoms with E-state index >= 15 is 0 Å². The summed E-state index contributed by atoms with van der Waals surface area (Å²) in [5.74, 6) is 1.26. The Bertz CT molecular complexity index is 450. The van der Waals surface area contributed by atoms with Gasteiger partial charge in [-0.25, -0.2) is 8.42 Å². The number of nitrogens with one attached hydrogen (secondary N) is 2. The Kier molecular flexibility index (Phi) is 9.00. The first-order valence-electron chi connectivity index (χ1n) is 8.07. The Hall–Kier alpha value is -0.0900. The number of sulfone groups is 1. The summed E-state index contributed by atoms with van der Waals surface area (Å²) in [5.41, 5.74) is 0. The van der Waals surface area contributed by atoms with Crippen LogP contribution >= 0.6 is 24.0 Å². The Morgan fingerprint density at radius 1 is 1.27 bits per heavy atom. The number of likely N-dealkylation sites (tertiary alicyclic amines) is 1. The quantitative estimate of drug-likeness (QED) is 0.374. The molecular formula is C14H29IN4O2S. The van der Waals surface area contributed by atoms with Crippen LogP contribution in [-0.2, 0) is 9.84 Å². The predicted octanol–water partition coefficient (Wildman–Crippen LogP) is 0.833. The average Bonchev–Trinajstić information content (AvgIpc) is 2.79. The maximum absolute atomic E-state index is 11.5. The van der Waals surface area contributed by atoms with Crippen LogP contribution in [0.25, 0.3) is 0 Å². The van der Waals surface area contributed by atoms with Crippen LogP contribution in [0.2, 0.25) is 0 Å². The van der Waals surface area contributed by atoms with E-state index in [0.29, 0.717) is 6.42 Å². The van der Waals surface area contributed by atoms with Crippen LogP contribution in [0.5, 0.6) is 0 Å². The lowest BCUT2D eigenvalue weighted by molar-refractivity contribution is 0.235. The van der Waals surface area contributed by atoms with Crippen molar-refractivity contribution in [1.82, 2.24) is 15.5 Å². The minimum absolute atomic E-state index is 0. The van der Waals surface area contributed by atoms with Crippen LogP contribution in [-0.4, -0.2) is 69.5 Å². The predicted molar refractivity (Wildman–Crippen MR) is 102 cm³/mol. The second-order valence-electron chi connectivity index (χ2n) is 5.91. The van der Waals surface area contributed by atoms with E-state index in [-0.39, 0.29) is 41.5 Å².